The lowest BCUT2D eigenvalue weighted by Crippen LogP contribution is -2.36. The van der Waals surface area contributed by atoms with Gasteiger partial charge < -0.3 is 14.5 Å². The van der Waals surface area contributed by atoms with Crippen LogP contribution in [0.3, 0.4) is 0 Å². The van der Waals surface area contributed by atoms with Crippen molar-refractivity contribution < 1.29 is 14.3 Å². The van der Waals surface area contributed by atoms with E-state index in [-0.39, 0.29) is 11.7 Å². The van der Waals surface area contributed by atoms with E-state index < -0.39 is 0 Å². The smallest absolute Gasteiger partial charge is 0.277 e. The number of morpholine rings is 1. The molecule has 2 aliphatic heterocycles. The highest BCUT2D eigenvalue weighted by Crippen LogP contribution is 2.43. The molecule has 0 unspecified atom stereocenters. The predicted octanol–water partition coefficient (Wildman–Crippen LogP) is 4.89. The zero-order valence-electron chi connectivity index (χ0n) is 18.3. The van der Waals surface area contributed by atoms with Crippen LogP contribution in [0, 0.1) is 5.92 Å². The van der Waals surface area contributed by atoms with Crippen LogP contribution in [0.5, 0.6) is 0 Å². The number of thiophene rings is 1. The van der Waals surface area contributed by atoms with Crippen LogP contribution in [-0.4, -0.2) is 49.5 Å². The third kappa shape index (κ3) is 4.11. The molecule has 1 aromatic carbocycles. The molecule has 0 N–H and O–H groups in total. The Labute approximate surface area is 200 Å². The van der Waals surface area contributed by atoms with Crippen LogP contribution >= 0.6 is 22.7 Å². The van der Waals surface area contributed by atoms with Crippen molar-refractivity contribution >= 4 is 45.2 Å². The summed E-state index contributed by atoms with van der Waals surface area (Å²) in [5.41, 5.74) is 3.57. The lowest BCUT2D eigenvalue weighted by Gasteiger charge is -2.26. The van der Waals surface area contributed by atoms with E-state index in [2.05, 4.69) is 22.0 Å². The van der Waals surface area contributed by atoms with E-state index in [4.69, 9.17) is 4.74 Å². The molecule has 0 spiro atoms. The molecule has 2 fully saturated rings. The number of thiazole rings is 1. The van der Waals surface area contributed by atoms with Crippen molar-refractivity contribution in [2.24, 2.45) is 5.92 Å². The van der Waals surface area contributed by atoms with E-state index in [1.165, 1.54) is 24.2 Å². The molecule has 0 atom stereocenters. The molecule has 1 saturated heterocycles. The fourth-order valence-electron chi connectivity index (χ4n) is 4.53. The third-order valence-electron chi connectivity index (χ3n) is 6.54. The lowest BCUT2D eigenvalue weighted by molar-refractivity contribution is 0.0972. The number of carbonyl (C=O) groups excluding carboxylic acids is 2. The lowest BCUT2D eigenvalue weighted by atomic mass is 10.1. The highest BCUT2D eigenvalue weighted by molar-refractivity contribution is 7.17. The number of aromatic nitrogens is 1. The van der Waals surface area contributed by atoms with Gasteiger partial charge in [0.1, 0.15) is 5.69 Å². The van der Waals surface area contributed by atoms with Gasteiger partial charge in [0.05, 0.1) is 23.8 Å². The molecule has 0 bridgehead atoms. The molecular formula is C25H25N3O3S2. The van der Waals surface area contributed by atoms with Gasteiger partial charge in [0.2, 0.25) is 0 Å². The summed E-state index contributed by atoms with van der Waals surface area (Å²) >= 11 is 3.10. The van der Waals surface area contributed by atoms with E-state index in [0.29, 0.717) is 37.8 Å². The first-order valence-electron chi connectivity index (χ1n) is 11.5. The molecule has 1 amide bonds. The topological polar surface area (TPSA) is 62.7 Å². The Morgan fingerprint density at radius 1 is 1.12 bits per heavy atom. The molecular weight excluding hydrogens is 454 g/mol. The molecule has 1 saturated carbocycles. The van der Waals surface area contributed by atoms with Crippen LogP contribution < -0.4 is 9.80 Å². The largest absolute Gasteiger partial charge is 0.378 e. The maximum absolute atomic E-state index is 13.6. The number of hydrogen-bond donors (Lipinski definition) is 0. The van der Waals surface area contributed by atoms with Gasteiger partial charge in [-0.2, -0.15) is 0 Å². The summed E-state index contributed by atoms with van der Waals surface area (Å²) in [6.45, 7) is 3.55. The number of ether oxygens (including phenoxy) is 1. The van der Waals surface area contributed by atoms with Gasteiger partial charge >= 0.3 is 0 Å². The highest BCUT2D eigenvalue weighted by atomic mass is 32.1. The molecule has 6 nitrogen and oxygen atoms in total. The molecule has 170 valence electrons. The van der Waals surface area contributed by atoms with Crippen molar-refractivity contribution in [1.82, 2.24) is 4.98 Å². The summed E-state index contributed by atoms with van der Waals surface area (Å²) in [6.07, 6.45) is 3.76. The fourth-order valence-corrected chi connectivity index (χ4v) is 6.58. The van der Waals surface area contributed by atoms with Crippen LogP contribution in [0.2, 0.25) is 0 Å². The summed E-state index contributed by atoms with van der Waals surface area (Å²) in [6, 6.07) is 10.1. The molecule has 3 aliphatic rings. The minimum atomic E-state index is -0.0709. The Balaban J connectivity index is 1.29. The predicted molar refractivity (Wildman–Crippen MR) is 132 cm³/mol. The Hall–Kier alpha value is -2.55. The second-order valence-corrected chi connectivity index (χ2v) is 10.8. The maximum Gasteiger partial charge on any atom is 0.277 e. The molecule has 3 aromatic rings. The number of carbonyl (C=O) groups is 2. The van der Waals surface area contributed by atoms with E-state index >= 15 is 0 Å². The monoisotopic (exact) mass is 479 g/mol. The molecule has 0 radical (unpaired) electrons. The van der Waals surface area contributed by atoms with E-state index in [1.807, 2.05) is 28.5 Å². The molecule has 33 heavy (non-hydrogen) atoms. The molecule has 2 aromatic heterocycles. The standard InChI is InChI=1S/C25H25N3O3S2/c29-21(13-16-5-6-16)22-14-17-7-8-28(20-4-2-1-3-18(20)23(17)33-22)24(30)19-15-32-25(26-19)27-9-11-31-12-10-27/h1-4,14-16H,5-13H2. The average Bonchev–Trinajstić information content (AvgIpc) is 3.39. The van der Waals surface area contributed by atoms with Gasteiger partial charge in [0.15, 0.2) is 10.9 Å². The summed E-state index contributed by atoms with van der Waals surface area (Å²) in [5.74, 6) is 0.776. The Kier molecular flexibility index (Phi) is 5.52. The van der Waals surface area contributed by atoms with Crippen LogP contribution in [0.15, 0.2) is 35.7 Å². The van der Waals surface area contributed by atoms with Crippen molar-refractivity contribution in [3.8, 4) is 10.4 Å². The van der Waals surface area contributed by atoms with Crippen molar-refractivity contribution in [3.05, 3.63) is 51.8 Å². The SMILES string of the molecule is O=C(CC1CC1)c1cc2c(s1)-c1ccccc1N(C(=O)c1csc(N3CCOCC3)n1)CC2. The van der Waals surface area contributed by atoms with Crippen molar-refractivity contribution in [3.63, 3.8) is 0 Å². The fraction of sp³-hybridized carbons (Fsp3) is 0.400. The third-order valence-corrected chi connectivity index (χ3v) is 8.69. The van der Waals surface area contributed by atoms with Gasteiger partial charge in [0, 0.05) is 41.9 Å². The summed E-state index contributed by atoms with van der Waals surface area (Å²) in [7, 11) is 0. The highest BCUT2D eigenvalue weighted by Gasteiger charge is 2.30. The number of hydrogen-bond acceptors (Lipinski definition) is 7. The van der Waals surface area contributed by atoms with Crippen molar-refractivity contribution in [2.75, 3.05) is 42.6 Å². The van der Waals surface area contributed by atoms with Crippen LogP contribution in [0.1, 0.15) is 45.0 Å². The first-order chi connectivity index (χ1) is 16.2. The number of anilines is 2. The van der Waals surface area contributed by atoms with Gasteiger partial charge in [-0.15, -0.1) is 22.7 Å². The van der Waals surface area contributed by atoms with Gasteiger partial charge in [-0.3, -0.25) is 9.59 Å². The minimum Gasteiger partial charge on any atom is -0.378 e. The number of rotatable bonds is 5. The zero-order valence-corrected chi connectivity index (χ0v) is 19.9. The number of amides is 1. The number of para-hydroxylation sites is 1. The first-order valence-corrected chi connectivity index (χ1v) is 13.2. The maximum atomic E-state index is 13.6. The summed E-state index contributed by atoms with van der Waals surface area (Å²) < 4.78 is 5.43. The van der Waals surface area contributed by atoms with Gasteiger partial charge in [-0.25, -0.2) is 4.98 Å². The molecule has 1 aliphatic carbocycles. The average molecular weight is 480 g/mol. The van der Waals surface area contributed by atoms with Gasteiger partial charge in [0.25, 0.3) is 5.91 Å². The van der Waals surface area contributed by atoms with E-state index in [1.54, 1.807) is 11.3 Å². The summed E-state index contributed by atoms with van der Waals surface area (Å²) in [4.78, 5) is 37.0. The van der Waals surface area contributed by atoms with Gasteiger partial charge in [-0.05, 0) is 42.9 Å². The quantitative estimate of drug-likeness (QED) is 0.488. The minimum absolute atomic E-state index is 0.0709. The normalized spacial score (nSPS) is 17.9. The van der Waals surface area contributed by atoms with Crippen molar-refractivity contribution in [1.29, 1.82) is 0 Å². The first kappa shape index (κ1) is 21.0. The number of fused-ring (bicyclic) bond motifs is 3. The summed E-state index contributed by atoms with van der Waals surface area (Å²) in [5, 5.41) is 2.74. The van der Waals surface area contributed by atoms with E-state index in [0.717, 1.165) is 51.2 Å². The Bertz CT molecular complexity index is 1210. The Morgan fingerprint density at radius 3 is 2.76 bits per heavy atom. The number of Topliss-reactive ketones (excluding diaryl/α,β-unsaturated/α-hetero) is 1. The van der Waals surface area contributed by atoms with Crippen molar-refractivity contribution in [2.45, 2.75) is 25.7 Å². The molecule has 8 heteroatoms. The zero-order chi connectivity index (χ0) is 22.4. The van der Waals surface area contributed by atoms with E-state index in [9.17, 15) is 9.59 Å². The van der Waals surface area contributed by atoms with Crippen LogP contribution in [-0.2, 0) is 11.2 Å². The number of ketones is 1. The second kappa shape index (κ2) is 8.66. The second-order valence-electron chi connectivity index (χ2n) is 8.87. The van der Waals surface area contributed by atoms with Gasteiger partial charge in [-0.1, -0.05) is 18.2 Å². The van der Waals surface area contributed by atoms with Crippen LogP contribution in [0.25, 0.3) is 10.4 Å². The number of benzene rings is 1. The number of nitrogens with zero attached hydrogens (tertiary/aromatic N) is 3. The van der Waals surface area contributed by atoms with Crippen LogP contribution in [0.4, 0.5) is 10.8 Å². The molecule has 4 heterocycles. The molecule has 6 rings (SSSR count). The Morgan fingerprint density at radius 2 is 1.94 bits per heavy atom.